The number of nitrogens with one attached hydrogen (secondary N) is 1. The summed E-state index contributed by atoms with van der Waals surface area (Å²) in [7, 11) is 0. The fourth-order valence-electron chi connectivity index (χ4n) is 2.61. The zero-order valence-corrected chi connectivity index (χ0v) is 18.3. The van der Waals surface area contributed by atoms with Crippen LogP contribution in [-0.4, -0.2) is 35.9 Å². The van der Waals surface area contributed by atoms with Crippen LogP contribution in [-0.2, 0) is 16.1 Å². The van der Waals surface area contributed by atoms with E-state index in [4.69, 9.17) is 27.9 Å². The Kier molecular flexibility index (Phi) is 8.80. The van der Waals surface area contributed by atoms with Crippen LogP contribution in [0.1, 0.15) is 26.3 Å². The highest BCUT2D eigenvalue weighted by Gasteiger charge is 2.27. The number of benzene rings is 2. The number of para-hydroxylation sites is 1. The third-order valence-electron chi connectivity index (χ3n) is 4.31. The second-order valence-electron chi connectivity index (χ2n) is 7.17. The molecule has 0 aliphatic carbocycles. The summed E-state index contributed by atoms with van der Waals surface area (Å²) in [5.41, 5.74) is 0.702. The number of amides is 2. The van der Waals surface area contributed by atoms with Gasteiger partial charge in [0, 0.05) is 23.1 Å². The quantitative estimate of drug-likeness (QED) is 0.626. The monoisotopic (exact) mass is 436 g/mol. The topological polar surface area (TPSA) is 58.6 Å². The molecule has 0 aliphatic rings. The van der Waals surface area contributed by atoms with Crippen LogP contribution in [0.2, 0.25) is 10.0 Å². The van der Waals surface area contributed by atoms with E-state index >= 15 is 0 Å². The summed E-state index contributed by atoms with van der Waals surface area (Å²) in [6, 6.07) is 13.4. The van der Waals surface area contributed by atoms with E-state index in [-0.39, 0.29) is 25.0 Å². The molecule has 0 saturated carbocycles. The van der Waals surface area contributed by atoms with Gasteiger partial charge in [0.25, 0.3) is 5.91 Å². The Labute approximate surface area is 181 Å². The fourth-order valence-corrected chi connectivity index (χ4v) is 3.08. The molecule has 0 spiro atoms. The Morgan fingerprint density at radius 1 is 1.07 bits per heavy atom. The predicted octanol–water partition coefficient (Wildman–Crippen LogP) is 4.56. The van der Waals surface area contributed by atoms with Crippen molar-refractivity contribution in [2.24, 2.45) is 5.92 Å². The van der Waals surface area contributed by atoms with E-state index in [1.54, 1.807) is 37.3 Å². The van der Waals surface area contributed by atoms with Gasteiger partial charge >= 0.3 is 0 Å². The lowest BCUT2D eigenvalue weighted by Gasteiger charge is -2.29. The number of ether oxygens (including phenoxy) is 1. The van der Waals surface area contributed by atoms with Crippen LogP contribution in [0.3, 0.4) is 0 Å². The standard InChI is InChI=1S/C22H26Cl2N2O3/c1-15(2)12-25-22(28)16(3)26(13-17-9-10-18(23)11-20(17)24)21(27)14-29-19-7-5-4-6-8-19/h4-11,15-16H,12-14H2,1-3H3,(H,25,28). The molecule has 2 aromatic carbocycles. The van der Waals surface area contributed by atoms with Gasteiger partial charge in [0.15, 0.2) is 6.61 Å². The van der Waals surface area contributed by atoms with Crippen LogP contribution in [0, 0.1) is 5.92 Å². The maximum Gasteiger partial charge on any atom is 0.261 e. The van der Waals surface area contributed by atoms with E-state index in [0.29, 0.717) is 33.8 Å². The Hall–Kier alpha value is -2.24. The van der Waals surface area contributed by atoms with Crippen molar-refractivity contribution >= 4 is 35.0 Å². The minimum Gasteiger partial charge on any atom is -0.484 e. The predicted molar refractivity (Wildman–Crippen MR) is 116 cm³/mol. The molecule has 7 heteroatoms. The Balaban J connectivity index is 2.16. The second-order valence-corrected chi connectivity index (χ2v) is 8.02. The summed E-state index contributed by atoms with van der Waals surface area (Å²) < 4.78 is 5.59. The van der Waals surface area contributed by atoms with Gasteiger partial charge in [0.05, 0.1) is 0 Å². The third kappa shape index (κ3) is 7.26. The minimum atomic E-state index is -0.688. The van der Waals surface area contributed by atoms with Gasteiger partial charge in [-0.1, -0.05) is 61.3 Å². The summed E-state index contributed by atoms with van der Waals surface area (Å²) in [6.07, 6.45) is 0. The van der Waals surface area contributed by atoms with Crippen molar-refractivity contribution in [3.63, 3.8) is 0 Å². The Morgan fingerprint density at radius 3 is 2.38 bits per heavy atom. The first-order valence-corrected chi connectivity index (χ1v) is 10.2. The number of hydrogen-bond acceptors (Lipinski definition) is 3. The number of hydrogen-bond donors (Lipinski definition) is 1. The highest BCUT2D eigenvalue weighted by Crippen LogP contribution is 2.23. The van der Waals surface area contributed by atoms with Crippen LogP contribution >= 0.6 is 23.2 Å². The van der Waals surface area contributed by atoms with Crippen molar-refractivity contribution in [3.8, 4) is 5.75 Å². The van der Waals surface area contributed by atoms with Crippen molar-refractivity contribution in [2.75, 3.05) is 13.2 Å². The second kappa shape index (κ2) is 11.1. The molecule has 156 valence electrons. The zero-order valence-electron chi connectivity index (χ0n) is 16.8. The number of carbonyl (C=O) groups is 2. The highest BCUT2D eigenvalue weighted by molar-refractivity contribution is 6.35. The van der Waals surface area contributed by atoms with E-state index in [2.05, 4.69) is 5.32 Å². The lowest BCUT2D eigenvalue weighted by atomic mass is 10.1. The third-order valence-corrected chi connectivity index (χ3v) is 4.90. The smallest absolute Gasteiger partial charge is 0.261 e. The molecule has 2 aromatic rings. The Bertz CT molecular complexity index is 828. The van der Waals surface area contributed by atoms with Crippen LogP contribution in [0.25, 0.3) is 0 Å². The molecule has 1 unspecified atom stereocenters. The van der Waals surface area contributed by atoms with Crippen LogP contribution < -0.4 is 10.1 Å². The van der Waals surface area contributed by atoms with Gasteiger partial charge in [-0.3, -0.25) is 9.59 Å². The molecule has 0 radical (unpaired) electrons. The van der Waals surface area contributed by atoms with Crippen molar-refractivity contribution in [2.45, 2.75) is 33.4 Å². The largest absolute Gasteiger partial charge is 0.484 e. The molecule has 1 N–H and O–H groups in total. The lowest BCUT2D eigenvalue weighted by Crippen LogP contribution is -2.49. The molecule has 0 bridgehead atoms. The molecule has 0 fully saturated rings. The average molecular weight is 437 g/mol. The SMILES string of the molecule is CC(C)CNC(=O)C(C)N(Cc1ccc(Cl)cc1Cl)C(=O)COc1ccccc1. The van der Waals surface area contributed by atoms with Crippen molar-refractivity contribution in [1.82, 2.24) is 10.2 Å². The van der Waals surface area contributed by atoms with Gasteiger partial charge in [-0.15, -0.1) is 0 Å². The molecular weight excluding hydrogens is 411 g/mol. The van der Waals surface area contributed by atoms with E-state index in [9.17, 15) is 9.59 Å². The first-order chi connectivity index (χ1) is 13.8. The molecule has 29 heavy (non-hydrogen) atoms. The first kappa shape index (κ1) is 23.0. The molecule has 5 nitrogen and oxygen atoms in total. The van der Waals surface area contributed by atoms with E-state index in [1.165, 1.54) is 4.90 Å². The van der Waals surface area contributed by atoms with Gasteiger partial charge in [-0.05, 0) is 42.7 Å². The van der Waals surface area contributed by atoms with Gasteiger partial charge < -0.3 is 15.0 Å². The molecule has 0 aromatic heterocycles. The minimum absolute atomic E-state index is 0.170. The highest BCUT2D eigenvalue weighted by atomic mass is 35.5. The van der Waals surface area contributed by atoms with Gasteiger partial charge in [-0.25, -0.2) is 0 Å². The summed E-state index contributed by atoms with van der Waals surface area (Å²) in [6.45, 7) is 6.23. The summed E-state index contributed by atoms with van der Waals surface area (Å²) in [4.78, 5) is 27.0. The van der Waals surface area contributed by atoms with Gasteiger partial charge in [0.1, 0.15) is 11.8 Å². The first-order valence-electron chi connectivity index (χ1n) is 9.47. The molecule has 2 amide bonds. The normalized spacial score (nSPS) is 11.8. The Morgan fingerprint density at radius 2 is 1.76 bits per heavy atom. The maximum absolute atomic E-state index is 12.9. The molecule has 1 atom stereocenters. The van der Waals surface area contributed by atoms with Crippen LogP contribution in [0.4, 0.5) is 0 Å². The number of nitrogens with zero attached hydrogens (tertiary/aromatic N) is 1. The molecule has 0 aliphatic heterocycles. The number of halogens is 2. The lowest BCUT2D eigenvalue weighted by molar-refractivity contribution is -0.142. The summed E-state index contributed by atoms with van der Waals surface area (Å²) >= 11 is 12.3. The van der Waals surface area contributed by atoms with Gasteiger partial charge in [0.2, 0.25) is 5.91 Å². The van der Waals surface area contributed by atoms with Crippen molar-refractivity contribution < 1.29 is 14.3 Å². The molecule has 0 saturated heterocycles. The average Bonchev–Trinajstić information content (AvgIpc) is 2.70. The molecular formula is C22H26Cl2N2O3. The summed E-state index contributed by atoms with van der Waals surface area (Å²) in [5, 5.41) is 3.82. The summed E-state index contributed by atoms with van der Waals surface area (Å²) in [5.74, 6) is 0.355. The van der Waals surface area contributed by atoms with Gasteiger partial charge in [-0.2, -0.15) is 0 Å². The number of carbonyl (C=O) groups excluding carboxylic acids is 2. The van der Waals surface area contributed by atoms with Crippen LogP contribution in [0.15, 0.2) is 48.5 Å². The fraction of sp³-hybridized carbons (Fsp3) is 0.364. The zero-order chi connectivity index (χ0) is 21.4. The van der Waals surface area contributed by atoms with Crippen LogP contribution in [0.5, 0.6) is 5.75 Å². The van der Waals surface area contributed by atoms with E-state index in [0.717, 1.165) is 0 Å². The molecule has 0 heterocycles. The van der Waals surface area contributed by atoms with E-state index in [1.807, 2.05) is 32.0 Å². The van der Waals surface area contributed by atoms with Crippen molar-refractivity contribution in [3.05, 3.63) is 64.1 Å². The van der Waals surface area contributed by atoms with E-state index < -0.39 is 6.04 Å². The maximum atomic E-state index is 12.9. The number of rotatable bonds is 9. The van der Waals surface area contributed by atoms with Crippen molar-refractivity contribution in [1.29, 1.82) is 0 Å². The molecule has 2 rings (SSSR count).